The van der Waals surface area contributed by atoms with Gasteiger partial charge in [-0.25, -0.2) is 14.1 Å². The van der Waals surface area contributed by atoms with Crippen molar-refractivity contribution in [3.63, 3.8) is 0 Å². The van der Waals surface area contributed by atoms with Crippen LogP contribution in [0.4, 0.5) is 14.9 Å². The number of H-pyrrole nitrogens is 1. The number of ether oxygens (including phenoxy) is 3. The van der Waals surface area contributed by atoms with Crippen LogP contribution in [0.1, 0.15) is 56.6 Å². The predicted octanol–water partition coefficient (Wildman–Crippen LogP) is 5.40. The lowest BCUT2D eigenvalue weighted by Crippen LogP contribution is -2.38. The summed E-state index contributed by atoms with van der Waals surface area (Å²) >= 11 is 0. The second-order valence-corrected chi connectivity index (χ2v) is 9.79. The Bertz CT molecular complexity index is 1120. The van der Waals surface area contributed by atoms with Gasteiger partial charge in [-0.05, 0) is 77.4 Å². The number of amides is 2. The van der Waals surface area contributed by atoms with E-state index in [1.807, 2.05) is 47.6 Å². The highest BCUT2D eigenvalue weighted by molar-refractivity contribution is 6.41. The van der Waals surface area contributed by atoms with Crippen molar-refractivity contribution >= 4 is 29.3 Å². The van der Waals surface area contributed by atoms with Gasteiger partial charge in [0.25, 0.3) is 5.91 Å². The Morgan fingerprint density at radius 3 is 2.47 bits per heavy atom. The zero-order valence-electron chi connectivity index (χ0n) is 20.9. The van der Waals surface area contributed by atoms with Gasteiger partial charge in [0.2, 0.25) is 0 Å². The minimum atomic E-state index is -0.811. The van der Waals surface area contributed by atoms with Crippen molar-refractivity contribution in [2.75, 3.05) is 25.2 Å². The van der Waals surface area contributed by atoms with Crippen LogP contribution in [0, 0.1) is 19.7 Å². The molecule has 34 heavy (non-hydrogen) atoms. The minimum Gasteiger partial charge on any atom is -0.449 e. The first kappa shape index (κ1) is 25.6. The van der Waals surface area contributed by atoms with Gasteiger partial charge in [-0.2, -0.15) is 0 Å². The van der Waals surface area contributed by atoms with E-state index in [4.69, 9.17) is 14.2 Å². The number of carbonyl (C=O) groups is 2. The molecule has 1 aromatic carbocycles. The molecule has 1 aliphatic heterocycles. The average Bonchev–Trinajstić information content (AvgIpc) is 3.21. The lowest BCUT2D eigenvalue weighted by Gasteiger charge is -2.31. The number of rotatable bonds is 8. The van der Waals surface area contributed by atoms with E-state index in [2.05, 4.69) is 4.98 Å². The van der Waals surface area contributed by atoms with Gasteiger partial charge in [0.15, 0.2) is 0 Å². The van der Waals surface area contributed by atoms with Gasteiger partial charge in [0.1, 0.15) is 5.82 Å². The van der Waals surface area contributed by atoms with Crippen LogP contribution in [0.25, 0.3) is 11.6 Å². The van der Waals surface area contributed by atoms with E-state index in [0.29, 0.717) is 24.3 Å². The van der Waals surface area contributed by atoms with Crippen molar-refractivity contribution in [2.24, 2.45) is 0 Å². The summed E-state index contributed by atoms with van der Waals surface area (Å²) in [6, 6.07) is 5.83. The Labute approximate surface area is 199 Å². The van der Waals surface area contributed by atoms with Crippen LogP contribution in [-0.4, -0.2) is 48.5 Å². The van der Waals surface area contributed by atoms with Crippen LogP contribution in [0.15, 0.2) is 24.3 Å². The average molecular weight is 473 g/mol. The van der Waals surface area contributed by atoms with Crippen molar-refractivity contribution in [3.8, 4) is 0 Å². The van der Waals surface area contributed by atoms with Crippen LogP contribution >= 0.6 is 0 Å². The van der Waals surface area contributed by atoms with E-state index < -0.39 is 29.0 Å². The largest absolute Gasteiger partial charge is 0.449 e. The number of methoxy groups -OCH3 is 1. The fraction of sp³-hybridized carbons (Fsp3) is 0.462. The molecule has 0 saturated carbocycles. The molecule has 0 aliphatic carbocycles. The molecule has 7 nitrogen and oxygen atoms in total. The van der Waals surface area contributed by atoms with Crippen LogP contribution in [0.3, 0.4) is 0 Å². The zero-order chi connectivity index (χ0) is 25.3. The second kappa shape index (κ2) is 9.72. The Morgan fingerprint density at radius 2 is 1.85 bits per heavy atom. The number of anilines is 1. The maximum atomic E-state index is 14.0. The topological polar surface area (TPSA) is 80.9 Å². The first-order valence-corrected chi connectivity index (χ1v) is 11.2. The normalized spacial score (nSPS) is 15.2. The van der Waals surface area contributed by atoms with Gasteiger partial charge in [0.05, 0.1) is 35.7 Å². The lowest BCUT2D eigenvalue weighted by atomic mass is 10.0. The summed E-state index contributed by atoms with van der Waals surface area (Å²) in [5.74, 6) is -1.06. The number of aromatic amines is 1. The number of imide groups is 1. The Hall–Kier alpha value is -2.97. The monoisotopic (exact) mass is 472 g/mol. The van der Waals surface area contributed by atoms with E-state index in [-0.39, 0.29) is 12.2 Å². The van der Waals surface area contributed by atoms with Gasteiger partial charge >= 0.3 is 6.09 Å². The van der Waals surface area contributed by atoms with Crippen LogP contribution < -0.4 is 4.90 Å². The van der Waals surface area contributed by atoms with E-state index in [1.54, 1.807) is 13.2 Å². The molecule has 0 atom stereocenters. The van der Waals surface area contributed by atoms with Gasteiger partial charge in [-0.3, -0.25) is 4.79 Å². The molecular weight excluding hydrogens is 439 g/mol. The van der Waals surface area contributed by atoms with Gasteiger partial charge < -0.3 is 19.2 Å². The Balaban J connectivity index is 1.75. The van der Waals surface area contributed by atoms with Crippen molar-refractivity contribution in [1.29, 1.82) is 0 Å². The molecule has 0 radical (unpaired) electrons. The minimum absolute atomic E-state index is 0.0491. The molecular formula is C26H33FN2O5. The summed E-state index contributed by atoms with van der Waals surface area (Å²) in [7, 11) is 1.62. The van der Waals surface area contributed by atoms with Crippen LogP contribution in [-0.2, 0) is 19.0 Å². The Kier molecular flexibility index (Phi) is 7.33. The standard InChI is InChI=1S/C26H33FN2O5/c1-16-12-17(2)28-21(16)14-20-19-13-18(27)8-9-22(19)29(23(20)30)24(31)33-11-10-25(3,4)34-15-26(5,6)32-7/h8-9,12-14,28H,10-11,15H2,1-7H3/b20-14-. The molecule has 2 heterocycles. The Morgan fingerprint density at radius 1 is 1.15 bits per heavy atom. The molecule has 0 unspecified atom stereocenters. The molecule has 3 rings (SSSR count). The highest BCUT2D eigenvalue weighted by Gasteiger charge is 2.38. The first-order valence-electron chi connectivity index (χ1n) is 11.2. The molecule has 1 aliphatic rings. The number of hydrogen-bond acceptors (Lipinski definition) is 5. The van der Waals surface area contributed by atoms with Crippen molar-refractivity contribution in [2.45, 2.75) is 59.2 Å². The number of carbonyl (C=O) groups excluding carboxylic acids is 2. The lowest BCUT2D eigenvalue weighted by molar-refractivity contribution is -0.113. The number of fused-ring (bicyclic) bond motifs is 1. The second-order valence-electron chi connectivity index (χ2n) is 9.79. The molecule has 1 N–H and O–H groups in total. The maximum Gasteiger partial charge on any atom is 0.421 e. The number of aromatic nitrogens is 1. The molecule has 0 saturated heterocycles. The molecule has 184 valence electrons. The maximum absolute atomic E-state index is 14.0. The summed E-state index contributed by atoms with van der Waals surface area (Å²) in [5, 5.41) is 0. The predicted molar refractivity (Wildman–Crippen MR) is 129 cm³/mol. The highest BCUT2D eigenvalue weighted by Crippen LogP contribution is 2.39. The molecule has 1 aromatic heterocycles. The first-order chi connectivity index (χ1) is 15.8. The van der Waals surface area contributed by atoms with E-state index in [9.17, 15) is 14.0 Å². The summed E-state index contributed by atoms with van der Waals surface area (Å²) in [6.07, 6.45) is 1.25. The molecule has 8 heteroatoms. The summed E-state index contributed by atoms with van der Waals surface area (Å²) in [6.45, 7) is 11.9. The van der Waals surface area contributed by atoms with Gasteiger partial charge in [-0.15, -0.1) is 0 Å². The highest BCUT2D eigenvalue weighted by atomic mass is 19.1. The number of hydrogen-bond donors (Lipinski definition) is 1. The van der Waals surface area contributed by atoms with E-state index in [0.717, 1.165) is 21.9 Å². The fourth-order valence-corrected chi connectivity index (χ4v) is 3.58. The zero-order valence-corrected chi connectivity index (χ0v) is 20.9. The third kappa shape index (κ3) is 5.74. The summed E-state index contributed by atoms with van der Waals surface area (Å²) in [5.41, 5.74) is 2.46. The summed E-state index contributed by atoms with van der Waals surface area (Å²) < 4.78 is 30.8. The van der Waals surface area contributed by atoms with Crippen molar-refractivity contribution in [1.82, 2.24) is 4.98 Å². The molecule has 0 spiro atoms. The smallest absolute Gasteiger partial charge is 0.421 e. The number of nitrogens with zero attached hydrogens (tertiary/aromatic N) is 1. The third-order valence-corrected chi connectivity index (χ3v) is 5.88. The number of nitrogens with one attached hydrogen (secondary N) is 1. The molecule has 2 aromatic rings. The number of benzene rings is 1. The summed E-state index contributed by atoms with van der Waals surface area (Å²) in [4.78, 5) is 30.3. The SMILES string of the molecule is COC(C)(C)COC(C)(C)CCOC(=O)N1C(=O)/C(=C\c2[nH]c(C)cc2C)c2cc(F)ccc21. The van der Waals surface area contributed by atoms with Crippen molar-refractivity contribution in [3.05, 3.63) is 52.6 Å². The van der Waals surface area contributed by atoms with Crippen LogP contribution in [0.5, 0.6) is 0 Å². The molecule has 0 bridgehead atoms. The number of halogens is 1. The fourth-order valence-electron chi connectivity index (χ4n) is 3.58. The van der Waals surface area contributed by atoms with Gasteiger partial charge in [-0.1, -0.05) is 0 Å². The molecule has 0 fully saturated rings. The van der Waals surface area contributed by atoms with E-state index >= 15 is 0 Å². The molecule has 2 amide bonds. The quantitative estimate of drug-likeness (QED) is 0.520. The van der Waals surface area contributed by atoms with Crippen LogP contribution in [0.2, 0.25) is 0 Å². The number of aryl methyl sites for hydroxylation is 2. The van der Waals surface area contributed by atoms with Crippen molar-refractivity contribution < 1.29 is 28.2 Å². The van der Waals surface area contributed by atoms with E-state index in [1.165, 1.54) is 18.2 Å². The van der Waals surface area contributed by atoms with Gasteiger partial charge in [0, 0.05) is 30.5 Å². The third-order valence-electron chi connectivity index (χ3n) is 5.88.